The fraction of sp³-hybridized carbons (Fsp3) is 0.185. The van der Waals surface area contributed by atoms with Crippen LogP contribution in [0.1, 0.15) is 39.5 Å². The number of carbonyl (C=O) groups excluding carboxylic acids is 1. The number of aromatic nitrogens is 1. The van der Waals surface area contributed by atoms with E-state index >= 15 is 0 Å². The molecule has 3 heteroatoms. The van der Waals surface area contributed by atoms with Crippen molar-refractivity contribution in [3.05, 3.63) is 94.5 Å². The number of hydrogen-bond donors (Lipinski definition) is 1. The predicted molar refractivity (Wildman–Crippen MR) is 125 cm³/mol. The molecule has 1 heterocycles. The summed E-state index contributed by atoms with van der Waals surface area (Å²) in [6.45, 7) is 8.26. The Morgan fingerprint density at radius 1 is 0.900 bits per heavy atom. The minimum absolute atomic E-state index is 0.110. The van der Waals surface area contributed by atoms with Crippen molar-refractivity contribution in [3.63, 3.8) is 0 Å². The van der Waals surface area contributed by atoms with Crippen LogP contribution in [0.3, 0.4) is 0 Å². The number of hydrogen-bond acceptors (Lipinski definition) is 2. The maximum Gasteiger partial charge on any atom is 0.256 e. The smallest absolute Gasteiger partial charge is 0.256 e. The lowest BCUT2D eigenvalue weighted by Gasteiger charge is -2.14. The van der Waals surface area contributed by atoms with Crippen LogP contribution in [0.4, 0.5) is 5.69 Å². The van der Waals surface area contributed by atoms with Crippen molar-refractivity contribution >= 4 is 22.5 Å². The van der Waals surface area contributed by atoms with Crippen molar-refractivity contribution in [2.75, 3.05) is 5.32 Å². The molecule has 4 rings (SSSR count). The molecular formula is C27H26N2O. The highest BCUT2D eigenvalue weighted by atomic mass is 16.1. The highest BCUT2D eigenvalue weighted by Crippen LogP contribution is 2.29. The van der Waals surface area contributed by atoms with Crippen molar-refractivity contribution in [3.8, 4) is 11.3 Å². The summed E-state index contributed by atoms with van der Waals surface area (Å²) >= 11 is 0. The standard InChI is InChI=1S/C27H26N2O/c1-5-20-8-6-7-9-24(20)29-27(30)23-16-25(21-12-10-17(2)11-13-21)28-26-19(4)14-18(3)15-22(23)26/h6-16H,5H2,1-4H3,(H,29,30). The minimum atomic E-state index is -0.110. The maximum atomic E-state index is 13.4. The first-order chi connectivity index (χ1) is 14.5. The number of carbonyl (C=O) groups is 1. The van der Waals surface area contributed by atoms with E-state index < -0.39 is 0 Å². The molecule has 0 fully saturated rings. The Balaban J connectivity index is 1.88. The van der Waals surface area contributed by atoms with E-state index in [1.54, 1.807) is 0 Å². The van der Waals surface area contributed by atoms with Gasteiger partial charge in [-0.1, -0.05) is 66.6 Å². The number of rotatable bonds is 4. The minimum Gasteiger partial charge on any atom is -0.322 e. The van der Waals surface area contributed by atoms with Crippen molar-refractivity contribution < 1.29 is 4.79 Å². The lowest BCUT2D eigenvalue weighted by Crippen LogP contribution is -2.14. The summed E-state index contributed by atoms with van der Waals surface area (Å²) in [6.07, 6.45) is 0.861. The van der Waals surface area contributed by atoms with Gasteiger partial charge in [0.1, 0.15) is 0 Å². The summed E-state index contributed by atoms with van der Waals surface area (Å²) in [4.78, 5) is 18.3. The van der Waals surface area contributed by atoms with Gasteiger partial charge in [-0.15, -0.1) is 0 Å². The maximum absolute atomic E-state index is 13.4. The van der Waals surface area contributed by atoms with Gasteiger partial charge in [-0.3, -0.25) is 4.79 Å². The van der Waals surface area contributed by atoms with Gasteiger partial charge >= 0.3 is 0 Å². The number of amides is 1. The van der Waals surface area contributed by atoms with Gasteiger partial charge in [0.05, 0.1) is 16.8 Å². The summed E-state index contributed by atoms with van der Waals surface area (Å²) in [5.74, 6) is -0.110. The first-order valence-electron chi connectivity index (χ1n) is 10.3. The molecule has 0 spiro atoms. The number of pyridine rings is 1. The molecule has 0 unspecified atom stereocenters. The largest absolute Gasteiger partial charge is 0.322 e. The van der Waals surface area contributed by atoms with Gasteiger partial charge < -0.3 is 5.32 Å². The van der Waals surface area contributed by atoms with Gasteiger partial charge in [0.2, 0.25) is 0 Å². The Labute approximate surface area is 177 Å². The van der Waals surface area contributed by atoms with E-state index in [-0.39, 0.29) is 5.91 Å². The Bertz CT molecular complexity index is 1240. The Morgan fingerprint density at radius 2 is 1.63 bits per heavy atom. The molecular weight excluding hydrogens is 368 g/mol. The van der Waals surface area contributed by atoms with E-state index in [9.17, 15) is 4.79 Å². The fourth-order valence-electron chi connectivity index (χ4n) is 3.88. The molecule has 0 atom stereocenters. The molecule has 1 aromatic heterocycles. The number of anilines is 1. The first kappa shape index (κ1) is 19.8. The van der Waals surface area contributed by atoms with Crippen molar-refractivity contribution in [1.82, 2.24) is 4.98 Å². The van der Waals surface area contributed by atoms with E-state index in [1.807, 2.05) is 37.3 Å². The fourth-order valence-corrected chi connectivity index (χ4v) is 3.88. The normalized spacial score (nSPS) is 10.9. The lowest BCUT2D eigenvalue weighted by atomic mass is 9.99. The second-order valence-electron chi connectivity index (χ2n) is 7.86. The summed E-state index contributed by atoms with van der Waals surface area (Å²) in [7, 11) is 0. The number of fused-ring (bicyclic) bond motifs is 1. The summed E-state index contributed by atoms with van der Waals surface area (Å²) < 4.78 is 0. The highest BCUT2D eigenvalue weighted by molar-refractivity contribution is 6.13. The lowest BCUT2D eigenvalue weighted by molar-refractivity contribution is 0.102. The van der Waals surface area contributed by atoms with Crippen LogP contribution in [0.25, 0.3) is 22.2 Å². The molecule has 0 saturated heterocycles. The van der Waals surface area contributed by atoms with Crippen LogP contribution in [0.2, 0.25) is 0 Å². The number of benzene rings is 3. The third kappa shape index (κ3) is 3.84. The summed E-state index contributed by atoms with van der Waals surface area (Å²) in [6, 6.07) is 22.3. The molecule has 30 heavy (non-hydrogen) atoms. The predicted octanol–water partition coefficient (Wildman–Crippen LogP) is 6.64. The van der Waals surface area contributed by atoms with Crippen LogP contribution in [-0.2, 0) is 6.42 Å². The highest BCUT2D eigenvalue weighted by Gasteiger charge is 2.17. The SMILES string of the molecule is CCc1ccccc1NC(=O)c1cc(-c2ccc(C)cc2)nc2c(C)cc(C)cc12. The quantitative estimate of drug-likeness (QED) is 0.421. The number of nitrogens with zero attached hydrogens (tertiary/aromatic N) is 1. The van der Waals surface area contributed by atoms with Gasteiger partial charge in [0, 0.05) is 16.6 Å². The summed E-state index contributed by atoms with van der Waals surface area (Å²) in [5.41, 5.74) is 8.69. The van der Waals surface area contributed by atoms with Crippen LogP contribution >= 0.6 is 0 Å². The van der Waals surface area contributed by atoms with Gasteiger partial charge in [0.25, 0.3) is 5.91 Å². The van der Waals surface area contributed by atoms with Gasteiger partial charge in [-0.2, -0.15) is 0 Å². The molecule has 3 nitrogen and oxygen atoms in total. The number of aryl methyl sites for hydroxylation is 4. The third-order valence-corrected chi connectivity index (χ3v) is 5.49. The average molecular weight is 395 g/mol. The average Bonchev–Trinajstić information content (AvgIpc) is 2.74. The monoisotopic (exact) mass is 394 g/mol. The number of para-hydroxylation sites is 1. The molecule has 1 amide bonds. The van der Waals surface area contributed by atoms with E-state index in [4.69, 9.17) is 4.98 Å². The van der Waals surface area contributed by atoms with Crippen LogP contribution in [0.15, 0.2) is 66.7 Å². The zero-order valence-electron chi connectivity index (χ0n) is 17.9. The zero-order chi connectivity index (χ0) is 21.3. The first-order valence-corrected chi connectivity index (χ1v) is 10.3. The molecule has 0 aliphatic heterocycles. The molecule has 3 aromatic carbocycles. The van der Waals surface area contributed by atoms with E-state index in [2.05, 4.69) is 62.5 Å². The van der Waals surface area contributed by atoms with E-state index in [0.29, 0.717) is 5.56 Å². The second-order valence-corrected chi connectivity index (χ2v) is 7.86. The van der Waals surface area contributed by atoms with Crippen LogP contribution in [0, 0.1) is 20.8 Å². The van der Waals surface area contributed by atoms with Gasteiger partial charge in [-0.05, 0) is 56.5 Å². The van der Waals surface area contributed by atoms with Crippen molar-refractivity contribution in [1.29, 1.82) is 0 Å². The molecule has 0 aliphatic carbocycles. The Kier molecular flexibility index (Phi) is 5.37. The zero-order valence-corrected chi connectivity index (χ0v) is 17.9. The number of nitrogens with one attached hydrogen (secondary N) is 1. The second kappa shape index (κ2) is 8.11. The topological polar surface area (TPSA) is 42.0 Å². The van der Waals surface area contributed by atoms with Gasteiger partial charge in [0.15, 0.2) is 0 Å². The molecule has 0 saturated carbocycles. The van der Waals surface area contributed by atoms with Crippen molar-refractivity contribution in [2.24, 2.45) is 0 Å². The molecule has 150 valence electrons. The van der Waals surface area contributed by atoms with Crippen molar-refractivity contribution in [2.45, 2.75) is 34.1 Å². The molecule has 0 bridgehead atoms. The molecule has 0 radical (unpaired) electrons. The van der Waals surface area contributed by atoms with Crippen LogP contribution < -0.4 is 5.32 Å². The Morgan fingerprint density at radius 3 is 2.37 bits per heavy atom. The van der Waals surface area contributed by atoms with Gasteiger partial charge in [-0.25, -0.2) is 4.98 Å². The molecule has 0 aliphatic rings. The Hall–Kier alpha value is -3.46. The van der Waals surface area contributed by atoms with E-state index in [0.717, 1.165) is 51.0 Å². The van der Waals surface area contributed by atoms with Crippen LogP contribution in [-0.4, -0.2) is 10.9 Å². The summed E-state index contributed by atoms with van der Waals surface area (Å²) in [5, 5.41) is 4.01. The van der Waals surface area contributed by atoms with Crippen LogP contribution in [0.5, 0.6) is 0 Å². The molecule has 4 aromatic rings. The molecule has 1 N–H and O–H groups in total. The van der Waals surface area contributed by atoms with E-state index in [1.165, 1.54) is 5.56 Å². The third-order valence-electron chi connectivity index (χ3n) is 5.49.